The zero-order valence-corrected chi connectivity index (χ0v) is 10.3. The molecule has 1 unspecified atom stereocenters. The first kappa shape index (κ1) is 14.2. The summed E-state index contributed by atoms with van der Waals surface area (Å²) < 4.78 is 5.19. The van der Waals surface area contributed by atoms with Crippen molar-refractivity contribution in [1.29, 1.82) is 0 Å². The van der Waals surface area contributed by atoms with Gasteiger partial charge in [0.15, 0.2) is 0 Å². The van der Waals surface area contributed by atoms with E-state index in [0.717, 1.165) is 11.0 Å². The van der Waals surface area contributed by atoms with E-state index < -0.39 is 7.12 Å². The molecule has 1 N–H and O–H groups in total. The van der Waals surface area contributed by atoms with Gasteiger partial charge in [-0.25, -0.2) is 0 Å². The van der Waals surface area contributed by atoms with Gasteiger partial charge in [-0.05, 0) is 17.9 Å². The van der Waals surface area contributed by atoms with Crippen molar-refractivity contribution in [2.24, 2.45) is 0 Å². The van der Waals surface area contributed by atoms with Crippen LogP contribution in [-0.4, -0.2) is 12.1 Å². The van der Waals surface area contributed by atoms with Crippen LogP contribution in [0.25, 0.3) is 0 Å². The summed E-state index contributed by atoms with van der Waals surface area (Å²) in [6.45, 7) is 9.94. The van der Waals surface area contributed by atoms with Crippen LogP contribution in [-0.2, 0) is 4.65 Å². The smallest absolute Gasteiger partial charge is 0.423 e. The number of hydrogen-bond acceptors (Lipinski definition) is 2. The highest BCUT2D eigenvalue weighted by atomic mass is 16.5. The highest BCUT2D eigenvalue weighted by Gasteiger charge is 2.31. The molecule has 0 bridgehead atoms. The molecule has 15 heavy (non-hydrogen) atoms. The fourth-order valence-corrected chi connectivity index (χ4v) is 1.45. The lowest BCUT2D eigenvalue weighted by Crippen LogP contribution is -2.27. The normalized spacial score (nSPS) is 16.9. The van der Waals surface area contributed by atoms with E-state index in [4.69, 9.17) is 4.65 Å². The first-order valence-corrected chi connectivity index (χ1v) is 5.71. The van der Waals surface area contributed by atoms with Gasteiger partial charge in [-0.2, -0.15) is 0 Å². The summed E-state index contributed by atoms with van der Waals surface area (Å²) in [7, 11) is -0.721. The molecule has 0 aliphatic carbocycles. The first-order chi connectivity index (χ1) is 7.29. The van der Waals surface area contributed by atoms with Crippen LogP contribution in [0.15, 0.2) is 24.3 Å². The van der Waals surface area contributed by atoms with E-state index >= 15 is 0 Å². The van der Waals surface area contributed by atoms with Gasteiger partial charge in [0.25, 0.3) is 0 Å². The molecule has 2 nitrogen and oxygen atoms in total. The van der Waals surface area contributed by atoms with Crippen molar-refractivity contribution in [3.05, 3.63) is 29.8 Å². The Morgan fingerprint density at radius 2 is 1.67 bits per heavy atom. The van der Waals surface area contributed by atoms with Crippen molar-refractivity contribution in [2.75, 3.05) is 0 Å². The lowest BCUT2D eigenvalue weighted by molar-refractivity contribution is 0.209. The number of fused-ring (bicyclic) bond motifs is 1. The second kappa shape index (κ2) is 7.49. The van der Waals surface area contributed by atoms with E-state index in [0.29, 0.717) is 0 Å². The van der Waals surface area contributed by atoms with Gasteiger partial charge in [-0.3, -0.25) is 0 Å². The predicted octanol–water partition coefficient (Wildman–Crippen LogP) is 2.52. The lowest BCUT2D eigenvalue weighted by Gasteiger charge is -2.02. The zero-order chi connectivity index (χ0) is 11.8. The van der Waals surface area contributed by atoms with E-state index in [1.807, 2.05) is 58.9 Å². The molecule has 0 aromatic heterocycles. The van der Waals surface area contributed by atoms with Gasteiger partial charge in [-0.15, -0.1) is 0 Å². The maximum atomic E-state index is 9.33. The second-order valence-corrected chi connectivity index (χ2v) is 2.76. The average Bonchev–Trinajstić information content (AvgIpc) is 2.61. The van der Waals surface area contributed by atoms with Crippen LogP contribution < -0.4 is 5.46 Å². The Morgan fingerprint density at radius 3 is 2.20 bits per heavy atom. The topological polar surface area (TPSA) is 29.5 Å². The summed E-state index contributed by atoms with van der Waals surface area (Å²) in [6, 6.07) is 7.74. The van der Waals surface area contributed by atoms with Gasteiger partial charge >= 0.3 is 7.12 Å². The van der Waals surface area contributed by atoms with Crippen LogP contribution in [0.4, 0.5) is 0 Å². The van der Waals surface area contributed by atoms with Crippen molar-refractivity contribution >= 4 is 12.6 Å². The molecule has 1 atom stereocenters. The average molecular weight is 208 g/mol. The molecule has 0 radical (unpaired) electrons. The summed E-state index contributed by atoms with van der Waals surface area (Å²) in [5, 5.41) is 9.33. The summed E-state index contributed by atoms with van der Waals surface area (Å²) in [6.07, 6.45) is 0.0289. The molecule has 1 aliphatic heterocycles. The Labute approximate surface area is 93.4 Å². The van der Waals surface area contributed by atoms with Crippen molar-refractivity contribution < 1.29 is 9.68 Å². The molecule has 3 heteroatoms. The van der Waals surface area contributed by atoms with E-state index in [1.165, 1.54) is 0 Å². The second-order valence-electron chi connectivity index (χ2n) is 2.76. The molecule has 0 amide bonds. The molecule has 1 aromatic rings. The van der Waals surface area contributed by atoms with Gasteiger partial charge in [-0.1, -0.05) is 52.0 Å². The molecule has 0 fully saturated rings. The van der Waals surface area contributed by atoms with Crippen LogP contribution >= 0.6 is 0 Å². The quantitative estimate of drug-likeness (QED) is 0.664. The fourth-order valence-electron chi connectivity index (χ4n) is 1.45. The number of hydrogen-bond donors (Lipinski definition) is 1. The summed E-state index contributed by atoms with van der Waals surface area (Å²) in [4.78, 5) is 0. The standard InChI is InChI=1S/C8H9BO2.2C2H6/c1-6-7-4-2-3-5-8(7)9(10)11-6;2*1-2/h2-6,10H,1H3;2*1-2H3. The van der Waals surface area contributed by atoms with Gasteiger partial charge in [0.2, 0.25) is 0 Å². The van der Waals surface area contributed by atoms with Crippen LogP contribution in [0, 0.1) is 0 Å². The van der Waals surface area contributed by atoms with Crippen LogP contribution in [0.3, 0.4) is 0 Å². The van der Waals surface area contributed by atoms with Crippen LogP contribution in [0.2, 0.25) is 0 Å². The molecular weight excluding hydrogens is 187 g/mol. The van der Waals surface area contributed by atoms with Crippen molar-refractivity contribution in [1.82, 2.24) is 0 Å². The van der Waals surface area contributed by atoms with Crippen molar-refractivity contribution in [2.45, 2.75) is 40.7 Å². The Kier molecular flexibility index (Phi) is 7.09. The third kappa shape index (κ3) is 3.36. The van der Waals surface area contributed by atoms with Gasteiger partial charge in [0, 0.05) is 0 Å². The van der Waals surface area contributed by atoms with Crippen molar-refractivity contribution in [3.8, 4) is 0 Å². The first-order valence-electron chi connectivity index (χ1n) is 5.71. The summed E-state index contributed by atoms with van der Waals surface area (Å²) in [5.41, 5.74) is 2.00. The minimum atomic E-state index is -0.721. The monoisotopic (exact) mass is 208 g/mol. The van der Waals surface area contributed by atoms with Crippen molar-refractivity contribution in [3.63, 3.8) is 0 Å². The van der Waals surface area contributed by atoms with Gasteiger partial charge in [0.05, 0.1) is 6.10 Å². The van der Waals surface area contributed by atoms with E-state index in [2.05, 4.69) is 0 Å². The molecule has 1 aromatic carbocycles. The lowest BCUT2D eigenvalue weighted by atomic mass is 9.79. The Bertz CT molecular complexity index is 249. The Hall–Kier alpha value is -0.795. The third-order valence-corrected chi connectivity index (χ3v) is 2.03. The minimum Gasteiger partial charge on any atom is -0.423 e. The molecule has 84 valence electrons. The maximum Gasteiger partial charge on any atom is 0.491 e. The molecule has 0 saturated heterocycles. The molecule has 2 rings (SSSR count). The zero-order valence-electron chi connectivity index (χ0n) is 10.3. The Morgan fingerprint density at radius 1 is 1.13 bits per heavy atom. The molecule has 1 aliphatic rings. The van der Waals surface area contributed by atoms with E-state index in [-0.39, 0.29) is 6.10 Å². The SMILES string of the molecule is CC.CC.CC1OB(O)c2ccccc21. The number of benzene rings is 1. The Balaban J connectivity index is 0.000000442. The minimum absolute atomic E-state index is 0.0289. The van der Waals surface area contributed by atoms with Crippen LogP contribution in [0.1, 0.15) is 46.3 Å². The summed E-state index contributed by atoms with van der Waals surface area (Å²) in [5.74, 6) is 0. The van der Waals surface area contributed by atoms with Gasteiger partial charge < -0.3 is 9.68 Å². The van der Waals surface area contributed by atoms with E-state index in [9.17, 15) is 5.02 Å². The highest BCUT2D eigenvalue weighted by molar-refractivity contribution is 6.61. The predicted molar refractivity (Wildman–Crippen MR) is 66.2 cm³/mol. The summed E-state index contributed by atoms with van der Waals surface area (Å²) >= 11 is 0. The highest BCUT2D eigenvalue weighted by Crippen LogP contribution is 2.21. The largest absolute Gasteiger partial charge is 0.491 e. The fraction of sp³-hybridized carbons (Fsp3) is 0.500. The molecular formula is C12H21BO2. The van der Waals surface area contributed by atoms with Crippen LogP contribution in [0.5, 0.6) is 0 Å². The molecule has 0 spiro atoms. The molecule has 0 saturated carbocycles. The maximum absolute atomic E-state index is 9.33. The third-order valence-electron chi connectivity index (χ3n) is 2.03. The van der Waals surface area contributed by atoms with E-state index in [1.54, 1.807) is 0 Å². The molecule has 1 heterocycles. The van der Waals surface area contributed by atoms with Gasteiger partial charge in [0.1, 0.15) is 0 Å². The number of rotatable bonds is 0.